The Morgan fingerprint density at radius 2 is 1.81 bits per heavy atom. The lowest BCUT2D eigenvalue weighted by Gasteiger charge is -2.35. The highest BCUT2D eigenvalue weighted by Crippen LogP contribution is 2.27. The van der Waals surface area contributed by atoms with E-state index < -0.39 is 0 Å². The molecule has 0 spiro atoms. The Hall–Kier alpha value is -1.10. The van der Waals surface area contributed by atoms with Crippen LogP contribution in [0.1, 0.15) is 32.3 Å². The van der Waals surface area contributed by atoms with Gasteiger partial charge in [-0.1, -0.05) is 32.0 Å². The Morgan fingerprint density at radius 3 is 2.58 bits per heavy atom. The number of likely N-dealkylation sites (tertiary alicyclic amines) is 1. The van der Waals surface area contributed by atoms with Gasteiger partial charge >= 0.3 is 0 Å². The van der Waals surface area contributed by atoms with Gasteiger partial charge in [0.05, 0.1) is 0 Å². The molecule has 146 valence electrons. The van der Waals surface area contributed by atoms with Crippen LogP contribution in [-0.4, -0.2) is 74.2 Å². The van der Waals surface area contributed by atoms with Crippen molar-refractivity contribution in [3.8, 4) is 5.75 Å². The molecule has 0 bridgehead atoms. The van der Waals surface area contributed by atoms with Crippen LogP contribution in [-0.2, 0) is 6.54 Å². The number of rotatable bonds is 7. The van der Waals surface area contributed by atoms with Gasteiger partial charge in [0.2, 0.25) is 0 Å². The van der Waals surface area contributed by atoms with Gasteiger partial charge in [-0.25, -0.2) is 0 Å². The van der Waals surface area contributed by atoms with Crippen molar-refractivity contribution in [3.05, 3.63) is 29.8 Å². The van der Waals surface area contributed by atoms with E-state index in [1.807, 2.05) is 0 Å². The third-order valence-corrected chi connectivity index (χ3v) is 6.11. The van der Waals surface area contributed by atoms with E-state index in [1.165, 1.54) is 44.6 Å². The van der Waals surface area contributed by atoms with Gasteiger partial charge < -0.3 is 9.64 Å². The summed E-state index contributed by atoms with van der Waals surface area (Å²) in [6.07, 6.45) is 2.71. The van der Waals surface area contributed by atoms with E-state index in [2.05, 4.69) is 59.9 Å². The number of piperazine rings is 1. The standard InChI is InChI=1S/C22H37N3O/c1-19(2)20-8-6-10-25(17-20)18-21-7-4-5-9-22(21)26-16-15-24-13-11-23(3)12-14-24/h4-5,7,9,19-20H,6,8,10-18H2,1-3H3/t20-/m1/s1. The molecule has 0 aliphatic carbocycles. The van der Waals surface area contributed by atoms with Crippen molar-refractivity contribution in [2.75, 3.05) is 59.5 Å². The summed E-state index contributed by atoms with van der Waals surface area (Å²) in [6.45, 7) is 14.7. The maximum atomic E-state index is 6.20. The maximum absolute atomic E-state index is 6.20. The van der Waals surface area contributed by atoms with E-state index in [-0.39, 0.29) is 0 Å². The summed E-state index contributed by atoms with van der Waals surface area (Å²) in [5, 5.41) is 0. The molecule has 2 heterocycles. The highest BCUT2D eigenvalue weighted by atomic mass is 16.5. The molecule has 0 saturated carbocycles. The summed E-state index contributed by atoms with van der Waals surface area (Å²) in [4.78, 5) is 7.53. The van der Waals surface area contributed by atoms with Crippen molar-refractivity contribution in [1.29, 1.82) is 0 Å². The van der Waals surface area contributed by atoms with Crippen LogP contribution in [0.4, 0.5) is 0 Å². The van der Waals surface area contributed by atoms with Crippen molar-refractivity contribution in [2.24, 2.45) is 11.8 Å². The first-order valence-electron chi connectivity index (χ1n) is 10.5. The Kier molecular flexibility index (Phi) is 7.35. The molecule has 1 aromatic carbocycles. The molecule has 3 rings (SSSR count). The fourth-order valence-electron chi connectivity index (χ4n) is 4.15. The predicted octanol–water partition coefficient (Wildman–Crippen LogP) is 3.18. The van der Waals surface area contributed by atoms with Gasteiger partial charge in [-0.3, -0.25) is 9.80 Å². The fraction of sp³-hybridized carbons (Fsp3) is 0.727. The molecular weight excluding hydrogens is 322 g/mol. The Labute approximate surface area is 160 Å². The minimum atomic E-state index is 0.785. The Bertz CT molecular complexity index is 540. The van der Waals surface area contributed by atoms with E-state index in [0.717, 1.165) is 50.4 Å². The van der Waals surface area contributed by atoms with Crippen LogP contribution >= 0.6 is 0 Å². The Morgan fingerprint density at radius 1 is 1.04 bits per heavy atom. The summed E-state index contributed by atoms with van der Waals surface area (Å²) in [5.74, 6) is 2.70. The van der Waals surface area contributed by atoms with E-state index in [0.29, 0.717) is 0 Å². The zero-order chi connectivity index (χ0) is 18.4. The Balaban J connectivity index is 1.49. The second-order valence-corrected chi connectivity index (χ2v) is 8.48. The lowest BCUT2D eigenvalue weighted by Crippen LogP contribution is -2.45. The number of likely N-dealkylation sites (N-methyl/N-ethyl adjacent to an activating group) is 1. The monoisotopic (exact) mass is 359 g/mol. The quantitative estimate of drug-likeness (QED) is 0.744. The average Bonchev–Trinajstić information content (AvgIpc) is 2.65. The zero-order valence-electron chi connectivity index (χ0n) is 17.0. The molecule has 4 nitrogen and oxygen atoms in total. The minimum absolute atomic E-state index is 0.785. The van der Waals surface area contributed by atoms with Crippen LogP contribution in [0, 0.1) is 11.8 Å². The van der Waals surface area contributed by atoms with Gasteiger partial charge in [-0.15, -0.1) is 0 Å². The molecule has 1 atom stereocenters. The molecule has 0 N–H and O–H groups in total. The largest absolute Gasteiger partial charge is 0.492 e. The summed E-state index contributed by atoms with van der Waals surface area (Å²) in [6, 6.07) is 8.63. The van der Waals surface area contributed by atoms with E-state index in [9.17, 15) is 0 Å². The average molecular weight is 360 g/mol. The molecule has 2 saturated heterocycles. The molecule has 2 aliphatic heterocycles. The molecule has 0 unspecified atom stereocenters. The van der Waals surface area contributed by atoms with Crippen LogP contribution < -0.4 is 4.74 Å². The minimum Gasteiger partial charge on any atom is -0.492 e. The van der Waals surface area contributed by atoms with Gasteiger partial charge in [0, 0.05) is 51.4 Å². The molecule has 1 aromatic rings. The molecule has 0 amide bonds. The summed E-state index contributed by atoms with van der Waals surface area (Å²) in [7, 11) is 2.20. The van der Waals surface area contributed by atoms with E-state index >= 15 is 0 Å². The number of benzene rings is 1. The van der Waals surface area contributed by atoms with Crippen molar-refractivity contribution < 1.29 is 4.74 Å². The van der Waals surface area contributed by atoms with Crippen LogP contribution in [0.15, 0.2) is 24.3 Å². The smallest absolute Gasteiger partial charge is 0.123 e. The van der Waals surface area contributed by atoms with E-state index in [1.54, 1.807) is 0 Å². The molecular formula is C22H37N3O. The van der Waals surface area contributed by atoms with E-state index in [4.69, 9.17) is 4.74 Å². The number of piperidine rings is 1. The second kappa shape index (κ2) is 9.72. The number of hydrogen-bond acceptors (Lipinski definition) is 4. The van der Waals surface area contributed by atoms with Gasteiger partial charge in [0.25, 0.3) is 0 Å². The number of nitrogens with zero attached hydrogens (tertiary/aromatic N) is 3. The topological polar surface area (TPSA) is 19.0 Å². The number of para-hydroxylation sites is 1. The zero-order valence-corrected chi connectivity index (χ0v) is 17.0. The van der Waals surface area contributed by atoms with Crippen molar-refractivity contribution in [1.82, 2.24) is 14.7 Å². The summed E-state index contributed by atoms with van der Waals surface area (Å²) < 4.78 is 6.20. The summed E-state index contributed by atoms with van der Waals surface area (Å²) in [5.41, 5.74) is 1.34. The van der Waals surface area contributed by atoms with Gasteiger partial charge in [0.15, 0.2) is 0 Å². The first kappa shape index (κ1) is 19.7. The lowest BCUT2D eigenvalue weighted by atomic mass is 9.88. The van der Waals surface area contributed by atoms with Gasteiger partial charge in [-0.2, -0.15) is 0 Å². The van der Waals surface area contributed by atoms with Crippen molar-refractivity contribution >= 4 is 0 Å². The number of hydrogen-bond donors (Lipinski definition) is 0. The normalized spacial score (nSPS) is 23.5. The molecule has 26 heavy (non-hydrogen) atoms. The second-order valence-electron chi connectivity index (χ2n) is 8.48. The van der Waals surface area contributed by atoms with Crippen LogP contribution in [0.25, 0.3) is 0 Å². The third kappa shape index (κ3) is 5.70. The highest BCUT2D eigenvalue weighted by molar-refractivity contribution is 5.33. The molecule has 4 heteroatoms. The van der Waals surface area contributed by atoms with Crippen LogP contribution in [0.5, 0.6) is 5.75 Å². The van der Waals surface area contributed by atoms with Crippen LogP contribution in [0.3, 0.4) is 0 Å². The molecule has 2 fully saturated rings. The van der Waals surface area contributed by atoms with Crippen LogP contribution in [0.2, 0.25) is 0 Å². The molecule has 0 aromatic heterocycles. The fourth-order valence-corrected chi connectivity index (χ4v) is 4.15. The van der Waals surface area contributed by atoms with Crippen molar-refractivity contribution in [3.63, 3.8) is 0 Å². The third-order valence-electron chi connectivity index (χ3n) is 6.11. The first-order chi connectivity index (χ1) is 12.6. The lowest BCUT2D eigenvalue weighted by molar-refractivity contribution is 0.129. The SMILES string of the molecule is CC(C)[C@@H]1CCCN(Cc2ccccc2OCCN2CCN(C)CC2)C1. The van der Waals surface area contributed by atoms with Gasteiger partial charge in [-0.05, 0) is 44.3 Å². The molecule has 0 radical (unpaired) electrons. The molecule has 2 aliphatic rings. The number of ether oxygens (including phenoxy) is 1. The van der Waals surface area contributed by atoms with Gasteiger partial charge in [0.1, 0.15) is 12.4 Å². The highest BCUT2D eigenvalue weighted by Gasteiger charge is 2.23. The summed E-state index contributed by atoms with van der Waals surface area (Å²) >= 11 is 0. The predicted molar refractivity (Wildman–Crippen MR) is 109 cm³/mol. The first-order valence-corrected chi connectivity index (χ1v) is 10.5. The maximum Gasteiger partial charge on any atom is 0.123 e. The van der Waals surface area contributed by atoms with Crippen molar-refractivity contribution in [2.45, 2.75) is 33.2 Å².